The molecule has 0 fully saturated rings. The number of hydrogen-bond donors (Lipinski definition) is 1. The molecule has 5 aromatic rings. The van der Waals surface area contributed by atoms with Crippen molar-refractivity contribution in [3.63, 3.8) is 0 Å². The number of halogens is 1. The number of carbonyl (C=O) groups excluding carboxylic acids is 2. The minimum absolute atomic E-state index is 0.0655. The van der Waals surface area contributed by atoms with E-state index in [4.69, 9.17) is 28.4 Å². The van der Waals surface area contributed by atoms with Gasteiger partial charge in [-0.05, 0) is 96.4 Å². The number of amides is 1. The van der Waals surface area contributed by atoms with Crippen LogP contribution in [0.2, 0.25) is 0 Å². The Morgan fingerprint density at radius 3 is 1.94 bits per heavy atom. The number of esters is 1. The minimum Gasteiger partial charge on any atom is -0.495 e. The summed E-state index contributed by atoms with van der Waals surface area (Å²) in [5, 5.41) is 3.31. The summed E-state index contributed by atoms with van der Waals surface area (Å²) in [5.41, 5.74) is 1.21. The summed E-state index contributed by atoms with van der Waals surface area (Å²) >= 11 is 3.52. The minimum atomic E-state index is -0.779. The lowest BCUT2D eigenvalue weighted by atomic mass is 9.95. The van der Waals surface area contributed by atoms with Crippen molar-refractivity contribution >= 4 is 44.5 Å². The van der Waals surface area contributed by atoms with Crippen molar-refractivity contribution in [2.24, 2.45) is 0 Å². The largest absolute Gasteiger partial charge is 0.495 e. The quantitative estimate of drug-likeness (QED) is 0.141. The maximum Gasteiger partial charge on any atom is 0.412 e. The maximum atomic E-state index is 14.6. The molecular formula is C38H37BrN2O9. The number of pyridine rings is 1. The molecule has 1 amide bonds. The first kappa shape index (κ1) is 35.8. The lowest BCUT2D eigenvalue weighted by molar-refractivity contribution is 0.0589. The van der Waals surface area contributed by atoms with E-state index in [-0.39, 0.29) is 17.7 Å². The molecule has 0 saturated carbocycles. The van der Waals surface area contributed by atoms with Crippen LogP contribution < -0.4 is 29.8 Å². The van der Waals surface area contributed by atoms with Crippen LogP contribution in [-0.4, -0.2) is 50.7 Å². The number of hydrogen-bond acceptors (Lipinski definition) is 9. The lowest BCUT2D eigenvalue weighted by Gasteiger charge is -2.22. The van der Waals surface area contributed by atoms with Crippen LogP contribution in [0.25, 0.3) is 27.6 Å². The van der Waals surface area contributed by atoms with Crippen molar-refractivity contribution < 1.29 is 38.0 Å². The molecule has 11 nitrogen and oxygen atoms in total. The molecule has 0 saturated heterocycles. The van der Waals surface area contributed by atoms with E-state index in [1.807, 2.05) is 30.3 Å². The van der Waals surface area contributed by atoms with Gasteiger partial charge in [-0.25, -0.2) is 9.59 Å². The third-order valence-corrected chi connectivity index (χ3v) is 8.37. The Bertz CT molecular complexity index is 2080. The summed E-state index contributed by atoms with van der Waals surface area (Å²) in [6.45, 7) is 5.51. The zero-order chi connectivity index (χ0) is 36.2. The fourth-order valence-corrected chi connectivity index (χ4v) is 5.92. The number of nitrogens with zero attached hydrogens (tertiary/aromatic N) is 1. The molecule has 0 unspecified atom stereocenters. The van der Waals surface area contributed by atoms with Crippen LogP contribution >= 0.6 is 15.9 Å². The summed E-state index contributed by atoms with van der Waals surface area (Å²) in [5.74, 6) is 0.740. The van der Waals surface area contributed by atoms with Crippen LogP contribution in [0.5, 0.6) is 23.0 Å². The monoisotopic (exact) mass is 744 g/mol. The molecule has 5 rings (SSSR count). The lowest BCUT2D eigenvalue weighted by Crippen LogP contribution is -2.27. The second kappa shape index (κ2) is 15.0. The highest BCUT2D eigenvalue weighted by atomic mass is 79.9. The average Bonchev–Trinajstić information content (AvgIpc) is 3.10. The van der Waals surface area contributed by atoms with Crippen molar-refractivity contribution in [2.45, 2.75) is 33.0 Å². The fourth-order valence-electron chi connectivity index (χ4n) is 5.37. The number of fused-ring (bicyclic) bond motifs is 1. The van der Waals surface area contributed by atoms with Crippen molar-refractivity contribution in [1.82, 2.24) is 4.57 Å². The predicted molar refractivity (Wildman–Crippen MR) is 194 cm³/mol. The van der Waals surface area contributed by atoms with Crippen LogP contribution in [0.15, 0.2) is 88.1 Å². The second-order valence-electron chi connectivity index (χ2n) is 12.0. The van der Waals surface area contributed by atoms with E-state index >= 15 is 0 Å². The molecule has 0 aliphatic heterocycles. The van der Waals surface area contributed by atoms with E-state index < -0.39 is 23.2 Å². The second-order valence-corrected chi connectivity index (χ2v) is 12.8. The topological polar surface area (TPSA) is 124 Å². The average molecular weight is 746 g/mol. The number of rotatable bonds is 10. The van der Waals surface area contributed by atoms with Gasteiger partial charge < -0.3 is 28.4 Å². The summed E-state index contributed by atoms with van der Waals surface area (Å²) in [7, 11) is 5.76. The number of ether oxygens (including phenoxy) is 6. The van der Waals surface area contributed by atoms with Crippen LogP contribution in [0.1, 0.15) is 36.8 Å². The van der Waals surface area contributed by atoms with E-state index in [9.17, 15) is 14.4 Å². The summed E-state index contributed by atoms with van der Waals surface area (Å²) in [6.07, 6.45) is -0.638. The third kappa shape index (κ3) is 7.55. The molecule has 260 valence electrons. The highest BCUT2D eigenvalue weighted by molar-refractivity contribution is 9.10. The Labute approximate surface area is 297 Å². The van der Waals surface area contributed by atoms with Crippen molar-refractivity contribution in [3.8, 4) is 39.8 Å². The molecule has 0 bridgehead atoms. The SMILES string of the molecule is COC(=O)c1c(-c2cc(OC)c(Br)c(OC)c2)c2cc(OC)c(OCc3ccccc3)cc2c(=O)n1-c1ccc(NC(=O)OC(C)(C)C)cc1. The molecule has 50 heavy (non-hydrogen) atoms. The normalized spacial score (nSPS) is 11.1. The van der Waals surface area contributed by atoms with Gasteiger partial charge in [-0.1, -0.05) is 30.3 Å². The number of anilines is 1. The van der Waals surface area contributed by atoms with Crippen molar-refractivity contribution in [3.05, 3.63) is 105 Å². The number of methoxy groups -OCH3 is 4. The van der Waals surface area contributed by atoms with E-state index in [2.05, 4.69) is 21.2 Å². The van der Waals surface area contributed by atoms with Crippen LogP contribution in [0.3, 0.4) is 0 Å². The molecule has 0 radical (unpaired) electrons. The van der Waals surface area contributed by atoms with Crippen LogP contribution in [0, 0.1) is 0 Å². The number of benzene rings is 4. The molecule has 0 aliphatic rings. The van der Waals surface area contributed by atoms with Crippen LogP contribution in [0.4, 0.5) is 10.5 Å². The predicted octanol–water partition coefficient (Wildman–Crippen LogP) is 8.16. The fraction of sp³-hybridized carbons (Fsp3) is 0.237. The van der Waals surface area contributed by atoms with Gasteiger partial charge in [0.1, 0.15) is 33.9 Å². The Morgan fingerprint density at radius 1 is 0.780 bits per heavy atom. The van der Waals surface area contributed by atoms with Gasteiger partial charge in [0.05, 0.1) is 33.8 Å². The molecule has 0 spiro atoms. The highest BCUT2D eigenvalue weighted by Gasteiger charge is 2.28. The van der Waals surface area contributed by atoms with Gasteiger partial charge >= 0.3 is 12.1 Å². The molecule has 1 aromatic heterocycles. The van der Waals surface area contributed by atoms with Gasteiger partial charge in [0.15, 0.2) is 11.5 Å². The molecule has 0 aliphatic carbocycles. The third-order valence-electron chi connectivity index (χ3n) is 7.59. The van der Waals surface area contributed by atoms with E-state index in [1.165, 1.54) is 33.0 Å². The molecule has 12 heteroatoms. The maximum absolute atomic E-state index is 14.6. The summed E-state index contributed by atoms with van der Waals surface area (Å²) in [6, 6.07) is 22.7. The first-order valence-corrected chi connectivity index (χ1v) is 16.3. The zero-order valence-corrected chi connectivity index (χ0v) is 30.3. The molecule has 4 aromatic carbocycles. The number of carbonyl (C=O) groups is 2. The van der Waals surface area contributed by atoms with E-state index in [0.29, 0.717) is 55.4 Å². The Hall–Kier alpha value is -5.49. The Kier molecular flexibility index (Phi) is 10.7. The highest BCUT2D eigenvalue weighted by Crippen LogP contribution is 2.44. The van der Waals surface area contributed by atoms with Crippen molar-refractivity contribution in [2.75, 3.05) is 33.8 Å². The van der Waals surface area contributed by atoms with Gasteiger partial charge in [0.2, 0.25) is 0 Å². The van der Waals surface area contributed by atoms with Gasteiger partial charge in [-0.15, -0.1) is 0 Å². The summed E-state index contributed by atoms with van der Waals surface area (Å²) in [4.78, 5) is 40.9. The van der Waals surface area contributed by atoms with Gasteiger partial charge in [-0.2, -0.15) is 0 Å². The number of aromatic nitrogens is 1. The molecule has 1 heterocycles. The zero-order valence-electron chi connectivity index (χ0n) is 28.7. The molecular weight excluding hydrogens is 708 g/mol. The van der Waals surface area contributed by atoms with Gasteiger partial charge in [0, 0.05) is 22.3 Å². The first-order valence-electron chi connectivity index (χ1n) is 15.5. The van der Waals surface area contributed by atoms with E-state index in [1.54, 1.807) is 69.3 Å². The Morgan fingerprint density at radius 2 is 1.38 bits per heavy atom. The molecule has 0 atom stereocenters. The number of nitrogens with one attached hydrogen (secondary N) is 1. The first-order chi connectivity index (χ1) is 23.9. The van der Waals surface area contributed by atoms with Gasteiger partial charge in [-0.3, -0.25) is 14.7 Å². The standard InChI is InChI=1S/C38H37BrN2O9/c1-38(2,3)50-37(44)40-24-13-15-25(16-14-24)41-34(36(43)48-7)32(23-17-30(46-5)33(39)31(18-23)47-6)26-19-28(45-4)29(20-27(26)35(41)42)49-21-22-11-9-8-10-12-22/h8-20H,21H2,1-7H3,(H,40,44). The molecule has 1 N–H and O–H groups in total. The van der Waals surface area contributed by atoms with Crippen molar-refractivity contribution in [1.29, 1.82) is 0 Å². The van der Waals surface area contributed by atoms with E-state index in [0.717, 1.165) is 5.56 Å². The van der Waals surface area contributed by atoms with Crippen LogP contribution in [-0.2, 0) is 16.1 Å². The summed E-state index contributed by atoms with van der Waals surface area (Å²) < 4.78 is 35.7. The Balaban J connectivity index is 1.81. The van der Waals surface area contributed by atoms with Gasteiger partial charge in [0.25, 0.3) is 5.56 Å². The smallest absolute Gasteiger partial charge is 0.412 e.